The molecular formula is H6LiO4SbSn. The van der Waals surface area contributed by atoms with Gasteiger partial charge in [-0.25, -0.2) is 0 Å². The van der Waals surface area contributed by atoms with E-state index in [0.29, 0.717) is 0 Å². The normalized spacial score (nSPS) is 8.43. The van der Waals surface area contributed by atoms with Crippen LogP contribution in [0.25, 0.3) is 0 Å². The van der Waals surface area contributed by atoms with E-state index >= 15 is 0 Å². The predicted molar refractivity (Wildman–Crippen MR) is 28.8 cm³/mol. The van der Waals surface area contributed by atoms with Gasteiger partial charge in [-0.3, -0.25) is 0 Å². The fraction of sp³-hybridized carbons (Fsp3) is 0. The van der Waals surface area contributed by atoms with Crippen molar-refractivity contribution in [2.75, 3.05) is 0 Å². The third-order valence-electron chi connectivity index (χ3n) is 0. The van der Waals surface area contributed by atoms with Crippen LogP contribution in [0.5, 0.6) is 0 Å². The summed E-state index contributed by atoms with van der Waals surface area (Å²) in [6.45, 7) is 0. The molecule has 3 N–H and O–H groups in total. The first-order valence-corrected chi connectivity index (χ1v) is 5.25. The Hall–Kier alpha value is 1.89. The van der Waals surface area contributed by atoms with Gasteiger partial charge < -0.3 is 0 Å². The van der Waals surface area contributed by atoms with E-state index in [-0.39, 0.29) is 42.8 Å². The van der Waals surface area contributed by atoms with E-state index in [0.717, 1.165) is 0 Å². The van der Waals surface area contributed by atoms with E-state index in [1.54, 1.807) is 0 Å². The molecule has 2 radical (unpaired) electrons. The van der Waals surface area contributed by atoms with E-state index < -0.39 is 20.1 Å². The number of rotatable bonds is 0. The quantitative estimate of drug-likeness (QED) is 0.402. The van der Waals surface area contributed by atoms with Crippen molar-refractivity contribution >= 4 is 62.8 Å². The Bertz CT molecular complexity index is 57.8. The first-order chi connectivity index (χ1) is 2.00. The standard InChI is InChI=1S/Li.3H2O.O.Sb.Sn.3H/h;3*1H2;;;;;;/q;;;;;+3;;;;/p-3. The van der Waals surface area contributed by atoms with Crippen molar-refractivity contribution in [1.82, 2.24) is 0 Å². The van der Waals surface area contributed by atoms with Crippen molar-refractivity contribution in [3.05, 3.63) is 0 Å². The molecule has 0 rings (SSSR count). The fourth-order valence-electron chi connectivity index (χ4n) is 0. The van der Waals surface area contributed by atoms with Crippen LogP contribution in [0.15, 0.2) is 0 Å². The molecule has 0 unspecified atom stereocenters. The van der Waals surface area contributed by atoms with Gasteiger partial charge in [-0.05, 0) is 0 Å². The van der Waals surface area contributed by atoms with E-state index in [1.165, 1.54) is 0 Å². The number of hydrogen-bond donors (Lipinski definition) is 3. The third kappa shape index (κ3) is 76.4. The van der Waals surface area contributed by atoms with Gasteiger partial charge in [0.25, 0.3) is 0 Å². The van der Waals surface area contributed by atoms with Crippen LogP contribution in [0.4, 0.5) is 0 Å². The van der Waals surface area contributed by atoms with Crippen molar-refractivity contribution in [2.45, 2.75) is 0 Å². The van der Waals surface area contributed by atoms with Gasteiger partial charge in [0.2, 0.25) is 0 Å². The zero-order valence-electron chi connectivity index (χ0n) is 2.90. The summed E-state index contributed by atoms with van der Waals surface area (Å²) in [6.07, 6.45) is 0. The maximum atomic E-state index is 8.97. The zero-order valence-corrected chi connectivity index (χ0v) is 9.49. The molecule has 0 atom stereocenters. The minimum absolute atomic E-state index is 0. The molecule has 0 spiro atoms. The molecule has 0 aromatic rings. The topological polar surface area (TPSA) is 77.8 Å². The van der Waals surface area contributed by atoms with Crippen LogP contribution >= 0.6 is 0 Å². The van der Waals surface area contributed by atoms with E-state index in [1.807, 2.05) is 0 Å². The molecule has 7 heteroatoms. The van der Waals surface area contributed by atoms with Crippen LogP contribution in [0, 0.1) is 0 Å². The van der Waals surface area contributed by atoms with E-state index in [9.17, 15) is 0 Å². The van der Waals surface area contributed by atoms with Crippen LogP contribution in [0.2, 0.25) is 0 Å². The maximum absolute atomic E-state index is 8.97. The average Bonchev–Trinajstić information content (AvgIpc) is 0.722. The van der Waals surface area contributed by atoms with Gasteiger partial charge in [-0.2, -0.15) is 0 Å². The van der Waals surface area contributed by atoms with E-state index in [4.69, 9.17) is 13.2 Å². The SMILES string of the molecule is [LiH].[O]=[Sb]([OH])([OH])[OH].[SnH2]. The fourth-order valence-corrected chi connectivity index (χ4v) is 0. The number of hydrogen-bond acceptors (Lipinski definition) is 1. The van der Waals surface area contributed by atoms with Gasteiger partial charge in [-0.15, -0.1) is 0 Å². The summed E-state index contributed by atoms with van der Waals surface area (Å²) < 4.78 is 30.8. The van der Waals surface area contributed by atoms with Gasteiger partial charge >= 0.3 is 76.0 Å². The molecule has 0 saturated carbocycles. The van der Waals surface area contributed by atoms with Gasteiger partial charge in [0.15, 0.2) is 0 Å². The molecular weight excluding hydrogens is 311 g/mol. The van der Waals surface area contributed by atoms with Gasteiger partial charge in [0, 0.05) is 0 Å². The van der Waals surface area contributed by atoms with Crippen LogP contribution in [0.1, 0.15) is 0 Å². The molecule has 0 aliphatic rings. The zero-order chi connectivity index (χ0) is 4.50. The molecule has 0 aliphatic carbocycles. The van der Waals surface area contributed by atoms with Crippen molar-refractivity contribution in [1.29, 1.82) is 0 Å². The Kier molecular flexibility index (Phi) is 13.7. The second-order valence-corrected chi connectivity index (χ2v) is 3.44. The van der Waals surface area contributed by atoms with Crippen LogP contribution < -0.4 is 0 Å². The molecule has 0 heterocycles. The molecule has 0 saturated heterocycles. The molecule has 0 aromatic carbocycles. The first-order valence-electron chi connectivity index (χ1n) is 0.783. The van der Waals surface area contributed by atoms with Crippen LogP contribution in [-0.4, -0.2) is 73.0 Å². The van der Waals surface area contributed by atoms with Crippen molar-refractivity contribution in [3.8, 4) is 0 Å². The van der Waals surface area contributed by atoms with Gasteiger partial charge in [0.1, 0.15) is 0 Å². The molecule has 40 valence electrons. The third-order valence-corrected chi connectivity index (χ3v) is 0. The Morgan fingerprint density at radius 3 is 1.14 bits per heavy atom. The van der Waals surface area contributed by atoms with Crippen molar-refractivity contribution in [3.63, 3.8) is 0 Å². The monoisotopic (exact) mass is 318 g/mol. The molecule has 4 nitrogen and oxygen atoms in total. The summed E-state index contributed by atoms with van der Waals surface area (Å²) in [5, 5.41) is 0. The van der Waals surface area contributed by atoms with Crippen LogP contribution in [-0.2, 0) is 3.02 Å². The second-order valence-electron chi connectivity index (χ2n) is 0.513. The van der Waals surface area contributed by atoms with Crippen molar-refractivity contribution in [2.24, 2.45) is 0 Å². The Labute approximate surface area is 75.1 Å². The van der Waals surface area contributed by atoms with Gasteiger partial charge in [0.05, 0.1) is 0 Å². The molecule has 0 aromatic heterocycles. The Morgan fingerprint density at radius 1 is 1.14 bits per heavy atom. The van der Waals surface area contributed by atoms with Crippen molar-refractivity contribution < 1.29 is 13.2 Å². The summed E-state index contributed by atoms with van der Waals surface area (Å²) >= 11 is -5.35. The van der Waals surface area contributed by atoms with Crippen LogP contribution in [0.3, 0.4) is 0 Å². The Morgan fingerprint density at radius 2 is 1.14 bits per heavy atom. The summed E-state index contributed by atoms with van der Waals surface area (Å²) in [5.74, 6) is 0. The molecule has 0 bridgehead atoms. The summed E-state index contributed by atoms with van der Waals surface area (Å²) in [6, 6.07) is 0. The molecule has 0 fully saturated rings. The van der Waals surface area contributed by atoms with Gasteiger partial charge in [-0.1, -0.05) is 0 Å². The summed E-state index contributed by atoms with van der Waals surface area (Å²) in [7, 11) is 0. The second kappa shape index (κ2) is 6.02. The average molecular weight is 317 g/mol. The molecule has 0 aliphatic heterocycles. The summed E-state index contributed by atoms with van der Waals surface area (Å²) in [4.78, 5) is 0. The summed E-state index contributed by atoms with van der Waals surface area (Å²) in [5.41, 5.74) is 0. The molecule has 7 heavy (non-hydrogen) atoms. The Balaban J connectivity index is -0.0000000800. The van der Waals surface area contributed by atoms with E-state index in [2.05, 4.69) is 0 Å². The minimum atomic E-state index is -5.35. The first kappa shape index (κ1) is 16.0. The predicted octanol–water partition coefficient (Wildman–Crippen LogP) is -3.74. The molecule has 0 amide bonds.